The van der Waals surface area contributed by atoms with Crippen molar-refractivity contribution < 1.29 is 14.3 Å². The highest BCUT2D eigenvalue weighted by atomic mass is 35.5. The zero-order chi connectivity index (χ0) is 19.9. The summed E-state index contributed by atoms with van der Waals surface area (Å²) < 4.78 is 5.27. The Morgan fingerprint density at radius 2 is 1.68 bits per heavy atom. The van der Waals surface area contributed by atoms with Gasteiger partial charge < -0.3 is 10.1 Å². The summed E-state index contributed by atoms with van der Waals surface area (Å²) in [6, 6.07) is 21.0. The van der Waals surface area contributed by atoms with Crippen molar-refractivity contribution in [2.75, 3.05) is 12.4 Å². The van der Waals surface area contributed by atoms with Crippen LogP contribution in [0.15, 0.2) is 78.9 Å². The molecule has 0 aliphatic heterocycles. The second-order valence-electron chi connectivity index (χ2n) is 5.95. The third-order valence-electron chi connectivity index (χ3n) is 4.07. The number of anilines is 1. The Morgan fingerprint density at radius 3 is 2.43 bits per heavy atom. The minimum absolute atomic E-state index is 0.216. The maximum Gasteiger partial charge on any atom is 0.248 e. The second-order valence-corrected chi connectivity index (χ2v) is 6.39. The monoisotopic (exact) mass is 391 g/mol. The van der Waals surface area contributed by atoms with Crippen LogP contribution in [0.5, 0.6) is 5.75 Å². The Labute approximate surface area is 168 Å². The van der Waals surface area contributed by atoms with E-state index in [1.807, 2.05) is 30.3 Å². The minimum atomic E-state index is -0.365. The van der Waals surface area contributed by atoms with Gasteiger partial charge in [0.2, 0.25) is 5.91 Å². The smallest absolute Gasteiger partial charge is 0.248 e. The zero-order valence-electron chi connectivity index (χ0n) is 15.2. The summed E-state index contributed by atoms with van der Waals surface area (Å²) in [6.07, 6.45) is 3.05. The van der Waals surface area contributed by atoms with Crippen molar-refractivity contribution in [2.24, 2.45) is 0 Å². The lowest BCUT2D eigenvalue weighted by molar-refractivity contribution is -0.111. The van der Waals surface area contributed by atoms with E-state index in [-0.39, 0.29) is 11.7 Å². The van der Waals surface area contributed by atoms with Crippen molar-refractivity contribution in [2.45, 2.75) is 0 Å². The lowest BCUT2D eigenvalue weighted by atomic mass is 10.0. The van der Waals surface area contributed by atoms with Gasteiger partial charge in [-0.25, -0.2) is 0 Å². The molecule has 3 aromatic carbocycles. The molecule has 4 nitrogen and oxygen atoms in total. The van der Waals surface area contributed by atoms with Crippen LogP contribution in [0.4, 0.5) is 5.69 Å². The van der Waals surface area contributed by atoms with E-state index in [1.165, 1.54) is 6.08 Å². The largest absolute Gasteiger partial charge is 0.496 e. The topological polar surface area (TPSA) is 55.4 Å². The van der Waals surface area contributed by atoms with E-state index in [0.29, 0.717) is 27.6 Å². The van der Waals surface area contributed by atoms with Gasteiger partial charge in [0.15, 0.2) is 5.78 Å². The first-order valence-electron chi connectivity index (χ1n) is 8.60. The third-order valence-corrected chi connectivity index (χ3v) is 4.31. The summed E-state index contributed by atoms with van der Waals surface area (Å²) in [6.45, 7) is 0. The molecule has 1 N–H and O–H groups in total. The lowest BCUT2D eigenvalue weighted by Crippen LogP contribution is -2.12. The molecular weight excluding hydrogens is 374 g/mol. The molecule has 0 atom stereocenters. The van der Waals surface area contributed by atoms with Gasteiger partial charge in [-0.05, 0) is 30.3 Å². The number of hydrogen-bond acceptors (Lipinski definition) is 3. The van der Waals surface area contributed by atoms with Crippen molar-refractivity contribution in [3.05, 3.63) is 101 Å². The molecule has 3 aromatic rings. The van der Waals surface area contributed by atoms with Crippen molar-refractivity contribution in [1.29, 1.82) is 0 Å². The summed E-state index contributed by atoms with van der Waals surface area (Å²) in [7, 11) is 1.57. The molecule has 0 heterocycles. The molecule has 0 aliphatic carbocycles. The quantitative estimate of drug-likeness (QED) is 0.462. The molecule has 1 amide bonds. The van der Waals surface area contributed by atoms with Crippen molar-refractivity contribution >= 4 is 35.1 Å². The van der Waals surface area contributed by atoms with Crippen LogP contribution in [-0.2, 0) is 4.79 Å². The molecule has 0 radical (unpaired) electrons. The van der Waals surface area contributed by atoms with Crippen LogP contribution in [0.1, 0.15) is 21.5 Å². The van der Waals surface area contributed by atoms with Crippen LogP contribution in [-0.4, -0.2) is 18.8 Å². The summed E-state index contributed by atoms with van der Waals surface area (Å²) >= 11 is 6.07. The maximum atomic E-state index is 12.8. The molecule has 0 aliphatic rings. The molecule has 0 fully saturated rings. The molecule has 0 unspecified atom stereocenters. The highest BCUT2D eigenvalue weighted by Crippen LogP contribution is 2.24. The number of methoxy groups -OCH3 is 1. The maximum absolute atomic E-state index is 12.8. The Kier molecular flexibility index (Phi) is 6.25. The Hall–Kier alpha value is -3.37. The van der Waals surface area contributed by atoms with E-state index in [0.717, 1.165) is 5.56 Å². The summed E-state index contributed by atoms with van der Waals surface area (Å²) in [5.41, 5.74) is 2.02. The van der Waals surface area contributed by atoms with Gasteiger partial charge in [0.25, 0.3) is 0 Å². The number of ketones is 1. The van der Waals surface area contributed by atoms with Crippen LogP contribution < -0.4 is 10.1 Å². The molecule has 0 aromatic heterocycles. The number of ether oxygens (including phenoxy) is 1. The van der Waals surface area contributed by atoms with Crippen LogP contribution >= 0.6 is 11.6 Å². The number of amides is 1. The van der Waals surface area contributed by atoms with E-state index in [1.54, 1.807) is 55.7 Å². The van der Waals surface area contributed by atoms with Gasteiger partial charge in [0, 0.05) is 27.8 Å². The molecule has 140 valence electrons. The van der Waals surface area contributed by atoms with Gasteiger partial charge >= 0.3 is 0 Å². The number of rotatable bonds is 6. The number of para-hydroxylation sites is 1. The van der Waals surface area contributed by atoms with E-state index in [2.05, 4.69) is 5.32 Å². The standard InChI is InChI=1S/C23H18ClNO3/c1-28-21-10-6-5-7-16(21)11-14-22(26)25-20-13-12-18(24)15-19(20)23(27)17-8-3-2-4-9-17/h2-15H,1H3,(H,25,26)/b14-11+. The number of carbonyl (C=O) groups excluding carboxylic acids is 2. The third kappa shape index (κ3) is 4.67. The number of nitrogens with one attached hydrogen (secondary N) is 1. The van der Waals surface area contributed by atoms with Crippen molar-refractivity contribution in [1.82, 2.24) is 0 Å². The number of benzene rings is 3. The van der Waals surface area contributed by atoms with Gasteiger partial charge in [-0.15, -0.1) is 0 Å². The highest BCUT2D eigenvalue weighted by Gasteiger charge is 2.15. The Balaban J connectivity index is 1.83. The first kappa shape index (κ1) is 19.4. The SMILES string of the molecule is COc1ccccc1/C=C/C(=O)Nc1ccc(Cl)cc1C(=O)c1ccccc1. The van der Waals surface area contributed by atoms with Crippen LogP contribution in [0.25, 0.3) is 6.08 Å². The van der Waals surface area contributed by atoms with Crippen LogP contribution in [0, 0.1) is 0 Å². The summed E-state index contributed by atoms with van der Waals surface area (Å²) in [5.74, 6) is 0.0837. The minimum Gasteiger partial charge on any atom is -0.496 e. The Bertz CT molecular complexity index is 1030. The molecule has 5 heteroatoms. The van der Waals surface area contributed by atoms with Gasteiger partial charge in [-0.3, -0.25) is 9.59 Å². The molecule has 0 saturated heterocycles. The van der Waals surface area contributed by atoms with Gasteiger partial charge in [0.1, 0.15) is 5.75 Å². The molecule has 3 rings (SSSR count). The van der Waals surface area contributed by atoms with E-state index in [4.69, 9.17) is 16.3 Å². The zero-order valence-corrected chi connectivity index (χ0v) is 15.9. The average molecular weight is 392 g/mol. The molecular formula is C23H18ClNO3. The fraction of sp³-hybridized carbons (Fsp3) is 0.0435. The predicted octanol–water partition coefficient (Wildman–Crippen LogP) is 5.23. The van der Waals surface area contributed by atoms with Gasteiger partial charge in [-0.2, -0.15) is 0 Å². The van der Waals surface area contributed by atoms with E-state index < -0.39 is 0 Å². The fourth-order valence-electron chi connectivity index (χ4n) is 2.70. The average Bonchev–Trinajstić information content (AvgIpc) is 2.73. The number of halogens is 1. The highest BCUT2D eigenvalue weighted by molar-refractivity contribution is 6.31. The molecule has 28 heavy (non-hydrogen) atoms. The normalized spacial score (nSPS) is 10.6. The summed E-state index contributed by atoms with van der Waals surface area (Å²) in [5, 5.41) is 3.17. The number of carbonyl (C=O) groups is 2. The van der Waals surface area contributed by atoms with E-state index in [9.17, 15) is 9.59 Å². The lowest BCUT2D eigenvalue weighted by Gasteiger charge is -2.10. The van der Waals surface area contributed by atoms with E-state index >= 15 is 0 Å². The predicted molar refractivity (Wildman–Crippen MR) is 112 cm³/mol. The fourth-order valence-corrected chi connectivity index (χ4v) is 2.87. The van der Waals surface area contributed by atoms with Gasteiger partial charge in [-0.1, -0.05) is 60.1 Å². The Morgan fingerprint density at radius 1 is 0.964 bits per heavy atom. The van der Waals surface area contributed by atoms with Crippen molar-refractivity contribution in [3.63, 3.8) is 0 Å². The summed E-state index contributed by atoms with van der Waals surface area (Å²) in [4.78, 5) is 25.2. The van der Waals surface area contributed by atoms with Crippen LogP contribution in [0.3, 0.4) is 0 Å². The first-order chi connectivity index (χ1) is 13.6. The number of hydrogen-bond donors (Lipinski definition) is 1. The van der Waals surface area contributed by atoms with Crippen molar-refractivity contribution in [3.8, 4) is 5.75 Å². The molecule has 0 saturated carbocycles. The second kappa shape index (κ2) is 9.02. The van der Waals surface area contributed by atoms with Gasteiger partial charge in [0.05, 0.1) is 12.8 Å². The molecule has 0 spiro atoms. The molecule has 0 bridgehead atoms. The first-order valence-corrected chi connectivity index (χ1v) is 8.97. The van der Waals surface area contributed by atoms with Crippen LogP contribution in [0.2, 0.25) is 5.02 Å².